The summed E-state index contributed by atoms with van der Waals surface area (Å²) in [6.07, 6.45) is -1.05. The molecule has 0 spiro atoms. The molecule has 0 aliphatic heterocycles. The van der Waals surface area contributed by atoms with Gasteiger partial charge in [-0.05, 0) is 85.3 Å². The van der Waals surface area contributed by atoms with Gasteiger partial charge in [0, 0.05) is 35.3 Å². The smallest absolute Gasteiger partial charge is 0.315 e. The number of hydrogen-bond acceptors (Lipinski definition) is 16. The highest BCUT2D eigenvalue weighted by Crippen LogP contribution is 2.43. The summed E-state index contributed by atoms with van der Waals surface area (Å²) in [6.45, 7) is 4.89. The number of benzene rings is 5. The molecule has 0 radical (unpaired) electrons. The molecule has 19 heteroatoms. The molecule has 0 unspecified atom stereocenters. The first-order valence-electron chi connectivity index (χ1n) is 17.0. The van der Waals surface area contributed by atoms with Crippen LogP contribution in [0.15, 0.2) is 115 Å². The van der Waals surface area contributed by atoms with E-state index in [2.05, 4.69) is 51.4 Å². The Morgan fingerprint density at radius 1 is 0.643 bits per heavy atom. The molecule has 0 atom stereocenters. The first-order valence-corrected chi connectivity index (χ1v) is 20.3. The molecule has 56 heavy (non-hydrogen) atoms. The van der Waals surface area contributed by atoms with Gasteiger partial charge in [0.15, 0.2) is 25.4 Å². The molecule has 0 bridgehead atoms. The number of aryl methyl sites for hydroxylation is 1. The second-order valence-corrected chi connectivity index (χ2v) is 16.7. The number of hydrogen-bond donors (Lipinski definition) is 5. The van der Waals surface area contributed by atoms with E-state index in [1.54, 1.807) is 50.4 Å². The van der Waals surface area contributed by atoms with Crippen LogP contribution in [0.2, 0.25) is 0 Å². The first kappa shape index (κ1) is 39.1. The predicted molar refractivity (Wildman–Crippen MR) is 211 cm³/mol. The van der Waals surface area contributed by atoms with Crippen molar-refractivity contribution in [3.63, 3.8) is 0 Å². The number of aromatic hydroxyl groups is 2. The number of nitrogens with zero attached hydrogens (tertiary/aromatic N) is 7. The van der Waals surface area contributed by atoms with Crippen molar-refractivity contribution in [2.45, 2.75) is 30.6 Å². The summed E-state index contributed by atoms with van der Waals surface area (Å²) < 4.78 is 63.1. The van der Waals surface area contributed by atoms with Crippen LogP contribution in [0.3, 0.4) is 0 Å². The molecule has 0 amide bonds. The highest BCUT2D eigenvalue weighted by atomic mass is 32.2. The summed E-state index contributed by atoms with van der Waals surface area (Å²) in [6, 6.07) is 21.4. The van der Waals surface area contributed by atoms with Gasteiger partial charge in [-0.2, -0.15) is 24.5 Å². The van der Waals surface area contributed by atoms with Crippen LogP contribution in [0.1, 0.15) is 19.4 Å². The minimum atomic E-state index is -3.53. The predicted octanol–water partition coefficient (Wildman–Crippen LogP) is 8.83. The Morgan fingerprint density at radius 2 is 1.21 bits per heavy atom. The van der Waals surface area contributed by atoms with E-state index in [4.69, 9.17) is 0 Å². The zero-order valence-electron chi connectivity index (χ0n) is 30.3. The first-order chi connectivity index (χ1) is 26.7. The van der Waals surface area contributed by atoms with Gasteiger partial charge in [0.25, 0.3) is 0 Å². The van der Waals surface area contributed by atoms with Crippen LogP contribution in [0, 0.1) is 13.0 Å². The number of anilines is 5. The number of nitrogens with one attached hydrogen (secondary N) is 3. The molecule has 16 nitrogen and oxygen atoms in total. The molecule has 5 N–H and O–H groups in total. The fraction of sp³-hybridized carbons (Fsp3) is 0.162. The quantitative estimate of drug-likeness (QED) is 0.0690. The van der Waals surface area contributed by atoms with Gasteiger partial charge in [-0.3, -0.25) is 0 Å². The van der Waals surface area contributed by atoms with Gasteiger partial charge in [-0.25, -0.2) is 16.8 Å². The van der Waals surface area contributed by atoms with Gasteiger partial charge >= 0.3 is 6.08 Å². The summed E-state index contributed by atoms with van der Waals surface area (Å²) in [4.78, 5) is 11.8. The number of phenols is 2. The minimum Gasteiger partial charge on any atom is -0.506 e. The molecule has 5 aromatic carbocycles. The molecule has 1 aromatic heterocycles. The lowest BCUT2D eigenvalue weighted by atomic mass is 10.1. The molecule has 288 valence electrons. The minimum absolute atomic E-state index is 0.0126. The van der Waals surface area contributed by atoms with Crippen molar-refractivity contribution >= 4 is 82.2 Å². The van der Waals surface area contributed by atoms with E-state index in [1.165, 1.54) is 49.4 Å². The number of phenolic OH excluding ortho intramolecular Hbond substituents is 2. The number of azo groups is 2. The van der Waals surface area contributed by atoms with E-state index in [1.807, 2.05) is 6.92 Å². The van der Waals surface area contributed by atoms with Gasteiger partial charge in [-0.1, -0.05) is 19.9 Å². The van der Waals surface area contributed by atoms with Gasteiger partial charge in [-0.15, -0.1) is 15.3 Å². The van der Waals surface area contributed by atoms with Crippen LogP contribution in [0.4, 0.5) is 56.1 Å². The second-order valence-electron chi connectivity index (χ2n) is 12.1. The Bertz CT molecular complexity index is 2750. The Morgan fingerprint density at radius 3 is 1.88 bits per heavy atom. The molecule has 0 fully saturated rings. The molecule has 6 rings (SSSR count). The lowest BCUT2D eigenvalue weighted by Crippen LogP contribution is -2.06. The third-order valence-electron chi connectivity index (χ3n) is 8.52. The lowest BCUT2D eigenvalue weighted by Gasteiger charge is -2.11. The average Bonchev–Trinajstić information content (AvgIpc) is 3.18. The highest BCUT2D eigenvalue weighted by molar-refractivity contribution is 7.91. The van der Waals surface area contributed by atoms with Gasteiger partial charge in [0.1, 0.15) is 22.8 Å². The van der Waals surface area contributed by atoms with Crippen LogP contribution < -0.4 is 16.0 Å². The summed E-state index contributed by atoms with van der Waals surface area (Å²) in [7, 11) is -5.21. The summed E-state index contributed by atoms with van der Waals surface area (Å²) in [5, 5.41) is 48.5. The topological polar surface area (TPSA) is 233 Å². The maximum absolute atomic E-state index is 14.5. The van der Waals surface area contributed by atoms with E-state index in [-0.39, 0.29) is 56.1 Å². The van der Waals surface area contributed by atoms with E-state index in [0.29, 0.717) is 39.2 Å². The van der Waals surface area contributed by atoms with Crippen LogP contribution in [0.25, 0.3) is 10.8 Å². The van der Waals surface area contributed by atoms with Crippen LogP contribution in [-0.4, -0.2) is 60.6 Å². The highest BCUT2D eigenvalue weighted by Gasteiger charge is 2.17. The fourth-order valence-electron chi connectivity index (χ4n) is 5.34. The Labute approximate surface area is 321 Å². The van der Waals surface area contributed by atoms with E-state index in [9.17, 15) is 31.4 Å². The second kappa shape index (κ2) is 16.0. The van der Waals surface area contributed by atoms with Crippen LogP contribution in [-0.2, 0) is 19.7 Å². The Kier molecular flexibility index (Phi) is 11.2. The van der Waals surface area contributed by atoms with Crippen LogP contribution >= 0.6 is 0 Å². The van der Waals surface area contributed by atoms with E-state index < -0.39 is 25.8 Å². The Hall–Kier alpha value is -6.60. The van der Waals surface area contributed by atoms with Crippen molar-refractivity contribution < 1.29 is 31.4 Å². The molecule has 0 aliphatic rings. The van der Waals surface area contributed by atoms with Crippen molar-refractivity contribution in [3.05, 3.63) is 96.6 Å². The lowest BCUT2D eigenvalue weighted by molar-refractivity contribution is 0.473. The zero-order chi connectivity index (χ0) is 40.2. The fourth-order valence-corrected chi connectivity index (χ4v) is 7.12. The maximum atomic E-state index is 14.5. The number of halogens is 1. The van der Waals surface area contributed by atoms with Gasteiger partial charge in [0.05, 0.1) is 32.7 Å². The summed E-state index contributed by atoms with van der Waals surface area (Å²) in [5.74, 6) is -0.980. The Balaban J connectivity index is 1.24. The number of rotatable bonds is 13. The zero-order valence-corrected chi connectivity index (χ0v) is 32.0. The molecule has 0 saturated heterocycles. The third kappa shape index (κ3) is 8.53. The third-order valence-corrected chi connectivity index (χ3v) is 12.0. The SMILES string of the molecule is CCS(=O)(=O)c1ccc(Nc2nc(F)nc(Nc3ccc(C)c(/N=N/c4c(NC)ccc5c(O)c(/N=N/c6ccc(S(=O)(=O)CC)cc6O)ccc45)c3)n2)cc1. The van der Waals surface area contributed by atoms with E-state index in [0.717, 1.165) is 11.6 Å². The average molecular weight is 799 g/mol. The summed E-state index contributed by atoms with van der Waals surface area (Å²) in [5.41, 5.74) is 3.23. The number of sulfone groups is 2. The number of fused-ring (bicyclic) bond motifs is 1. The molecular formula is C37H35FN10O6S2. The molecular weight excluding hydrogens is 764 g/mol. The van der Waals surface area contributed by atoms with Gasteiger partial charge in [0.2, 0.25) is 11.9 Å². The molecule has 0 saturated carbocycles. The largest absolute Gasteiger partial charge is 0.506 e. The van der Waals surface area contributed by atoms with Crippen molar-refractivity contribution in [3.8, 4) is 11.5 Å². The summed E-state index contributed by atoms with van der Waals surface area (Å²) >= 11 is 0. The molecule has 0 aliphatic carbocycles. The van der Waals surface area contributed by atoms with Crippen molar-refractivity contribution in [2.75, 3.05) is 34.5 Å². The van der Waals surface area contributed by atoms with Crippen molar-refractivity contribution in [2.24, 2.45) is 20.5 Å². The van der Waals surface area contributed by atoms with Gasteiger partial charge < -0.3 is 26.2 Å². The maximum Gasteiger partial charge on any atom is 0.315 e. The molecule has 6 aromatic rings. The number of aromatic nitrogens is 3. The monoisotopic (exact) mass is 798 g/mol. The standard InChI is InChI=1S/C37H35FN10O6S2/c1-5-55(51,52)24-11-9-22(10-12-24)40-36-42-35(38)43-37(44-36)41-23-8-7-21(3)31(19-23)47-48-33-26-14-18-30(34(50)27(26)15-17-29(33)39-4)46-45-28-16-13-25(20-32(28)49)56(53,54)6-2/h7-20,39,49-50H,5-6H2,1-4H3,(H2,40,41,42,43,44)/b46-45+,48-47+. The van der Waals surface area contributed by atoms with Crippen molar-refractivity contribution in [1.82, 2.24) is 15.0 Å². The van der Waals surface area contributed by atoms with E-state index >= 15 is 0 Å². The van der Waals surface area contributed by atoms with Crippen molar-refractivity contribution in [1.29, 1.82) is 0 Å². The van der Waals surface area contributed by atoms with Crippen LogP contribution in [0.5, 0.6) is 11.5 Å². The normalized spacial score (nSPS) is 12.1. The molecule has 1 heterocycles.